The lowest BCUT2D eigenvalue weighted by Crippen LogP contribution is -2.45. The van der Waals surface area contributed by atoms with E-state index in [1.54, 1.807) is 7.11 Å². The topological polar surface area (TPSA) is 55.8 Å². The van der Waals surface area contributed by atoms with Gasteiger partial charge in [-0.1, -0.05) is 112 Å². The SMILES string of the molecule is COc1cc(C2C3=C(CC(C)(C)CC3=O)N(CCc3ccccc3)C3=C2C(=O)CC(C)(C)C3)cc(Cl)c1OCc1cccc2ccccc12. The molecule has 0 amide bonds. The fourth-order valence-corrected chi connectivity index (χ4v) is 8.43. The van der Waals surface area contributed by atoms with E-state index in [1.165, 1.54) is 5.56 Å². The van der Waals surface area contributed by atoms with Gasteiger partial charge >= 0.3 is 0 Å². The van der Waals surface area contributed by atoms with Crippen molar-refractivity contribution >= 4 is 33.9 Å². The molecule has 252 valence electrons. The van der Waals surface area contributed by atoms with Gasteiger partial charge in [0.05, 0.1) is 12.1 Å². The van der Waals surface area contributed by atoms with Gasteiger partial charge < -0.3 is 14.4 Å². The van der Waals surface area contributed by atoms with Crippen molar-refractivity contribution in [3.63, 3.8) is 0 Å². The predicted molar refractivity (Wildman–Crippen MR) is 196 cm³/mol. The Morgan fingerprint density at radius 1 is 0.776 bits per heavy atom. The monoisotopic (exact) mass is 673 g/mol. The van der Waals surface area contributed by atoms with Crippen LogP contribution in [-0.2, 0) is 22.6 Å². The maximum absolute atomic E-state index is 14.3. The molecule has 0 saturated carbocycles. The summed E-state index contributed by atoms with van der Waals surface area (Å²) in [5.74, 6) is 0.583. The molecule has 0 unspecified atom stereocenters. The lowest BCUT2D eigenvalue weighted by molar-refractivity contribution is -0.119. The number of ether oxygens (including phenoxy) is 2. The summed E-state index contributed by atoms with van der Waals surface area (Å²) in [6.07, 6.45) is 3.16. The van der Waals surface area contributed by atoms with Crippen molar-refractivity contribution in [1.82, 2.24) is 4.90 Å². The largest absolute Gasteiger partial charge is 0.493 e. The van der Waals surface area contributed by atoms with Crippen LogP contribution in [0, 0.1) is 10.8 Å². The number of fused-ring (bicyclic) bond motifs is 1. The fraction of sp³-hybridized carbons (Fsp3) is 0.349. The van der Waals surface area contributed by atoms with Gasteiger partial charge in [-0.05, 0) is 69.7 Å². The molecule has 1 aliphatic heterocycles. The second kappa shape index (κ2) is 12.8. The molecule has 6 heteroatoms. The smallest absolute Gasteiger partial charge is 0.180 e. The minimum atomic E-state index is -0.524. The molecule has 1 heterocycles. The standard InChI is InChI=1S/C43H44ClNO4/c1-42(2)22-33-39(35(46)24-42)38(40-34(23-43(3,4)25-36(40)47)45(33)19-18-27-12-7-6-8-13-27)30-20-32(44)41(37(21-30)48-5)49-26-29-16-11-15-28-14-9-10-17-31(28)29/h6-17,20-21,38H,18-19,22-26H2,1-5H3. The van der Waals surface area contributed by atoms with Crippen molar-refractivity contribution in [2.24, 2.45) is 10.8 Å². The number of nitrogens with zero attached hydrogens (tertiary/aromatic N) is 1. The molecule has 4 aromatic rings. The summed E-state index contributed by atoms with van der Waals surface area (Å²) in [6, 6.07) is 28.6. The van der Waals surface area contributed by atoms with Crippen LogP contribution >= 0.6 is 11.6 Å². The fourth-order valence-electron chi connectivity index (χ4n) is 8.15. The summed E-state index contributed by atoms with van der Waals surface area (Å²) in [5, 5.41) is 2.64. The number of ketones is 2. The van der Waals surface area contributed by atoms with E-state index < -0.39 is 5.92 Å². The molecule has 0 N–H and O–H groups in total. The third-order valence-corrected chi connectivity index (χ3v) is 10.6. The Morgan fingerprint density at radius 2 is 1.39 bits per heavy atom. The minimum absolute atomic E-state index is 0.0940. The third kappa shape index (κ3) is 6.41. The predicted octanol–water partition coefficient (Wildman–Crippen LogP) is 10.0. The van der Waals surface area contributed by atoms with E-state index in [1.807, 2.05) is 36.4 Å². The summed E-state index contributed by atoms with van der Waals surface area (Å²) in [5.41, 5.74) is 6.17. The summed E-state index contributed by atoms with van der Waals surface area (Å²) in [6.45, 7) is 9.68. The van der Waals surface area contributed by atoms with Gasteiger partial charge in [0.25, 0.3) is 0 Å². The average molecular weight is 674 g/mol. The Morgan fingerprint density at radius 3 is 2.04 bits per heavy atom. The number of carbonyl (C=O) groups is 2. The number of allylic oxidation sites excluding steroid dienone is 4. The zero-order valence-electron chi connectivity index (χ0n) is 29.1. The van der Waals surface area contributed by atoms with E-state index in [2.05, 4.69) is 81.1 Å². The second-order valence-corrected chi connectivity index (χ2v) is 15.8. The highest BCUT2D eigenvalue weighted by Crippen LogP contribution is 2.55. The van der Waals surface area contributed by atoms with Gasteiger partial charge in [-0.2, -0.15) is 0 Å². The Hall–Kier alpha value is -4.35. The van der Waals surface area contributed by atoms with Gasteiger partial charge in [0.1, 0.15) is 6.61 Å². The van der Waals surface area contributed by atoms with E-state index in [4.69, 9.17) is 21.1 Å². The molecular weight excluding hydrogens is 630 g/mol. The highest BCUT2D eigenvalue weighted by atomic mass is 35.5. The molecule has 0 spiro atoms. The van der Waals surface area contributed by atoms with E-state index in [-0.39, 0.29) is 22.4 Å². The van der Waals surface area contributed by atoms with Crippen LogP contribution in [0.5, 0.6) is 11.5 Å². The van der Waals surface area contributed by atoms with Gasteiger partial charge in [0.15, 0.2) is 23.1 Å². The van der Waals surface area contributed by atoms with Gasteiger partial charge in [0.2, 0.25) is 0 Å². The van der Waals surface area contributed by atoms with Crippen LogP contribution in [0.4, 0.5) is 0 Å². The van der Waals surface area contributed by atoms with E-state index in [9.17, 15) is 9.59 Å². The molecule has 7 rings (SSSR count). The Balaban J connectivity index is 1.33. The maximum atomic E-state index is 14.3. The van der Waals surface area contributed by atoms with Crippen LogP contribution in [0.25, 0.3) is 10.8 Å². The third-order valence-electron chi connectivity index (χ3n) is 10.3. The van der Waals surface area contributed by atoms with Crippen molar-refractivity contribution < 1.29 is 19.1 Å². The molecule has 3 aliphatic rings. The molecule has 5 nitrogen and oxygen atoms in total. The number of hydrogen-bond acceptors (Lipinski definition) is 5. The first-order chi connectivity index (χ1) is 23.4. The van der Waals surface area contributed by atoms with Gasteiger partial charge in [0, 0.05) is 47.8 Å². The van der Waals surface area contributed by atoms with Gasteiger partial charge in [-0.25, -0.2) is 0 Å². The highest BCUT2D eigenvalue weighted by molar-refractivity contribution is 6.32. The van der Waals surface area contributed by atoms with Crippen molar-refractivity contribution in [2.75, 3.05) is 13.7 Å². The van der Waals surface area contributed by atoms with Crippen molar-refractivity contribution in [2.45, 2.75) is 72.3 Å². The first-order valence-corrected chi connectivity index (χ1v) is 17.6. The summed E-state index contributed by atoms with van der Waals surface area (Å²) >= 11 is 7.06. The molecule has 0 radical (unpaired) electrons. The average Bonchev–Trinajstić information content (AvgIpc) is 3.05. The normalized spacial score (nSPS) is 18.9. The van der Waals surface area contributed by atoms with Crippen LogP contribution in [0.1, 0.15) is 76.0 Å². The number of carbonyl (C=O) groups excluding carboxylic acids is 2. The molecule has 0 saturated heterocycles. The highest BCUT2D eigenvalue weighted by Gasteiger charge is 2.49. The molecule has 4 aromatic carbocycles. The number of rotatable bonds is 8. The van der Waals surface area contributed by atoms with Crippen molar-refractivity contribution in [1.29, 1.82) is 0 Å². The van der Waals surface area contributed by atoms with Crippen molar-refractivity contribution in [3.05, 3.63) is 129 Å². The number of hydrogen-bond donors (Lipinski definition) is 0. The second-order valence-electron chi connectivity index (χ2n) is 15.4. The van der Waals surface area contributed by atoms with Crippen molar-refractivity contribution in [3.8, 4) is 11.5 Å². The number of benzene rings is 4. The van der Waals surface area contributed by atoms with Crippen LogP contribution in [0.15, 0.2) is 107 Å². The lowest BCUT2D eigenvalue weighted by atomic mass is 9.63. The maximum Gasteiger partial charge on any atom is 0.180 e. The summed E-state index contributed by atoms with van der Waals surface area (Å²) < 4.78 is 12.3. The van der Waals surface area contributed by atoms with Crippen LogP contribution in [-0.4, -0.2) is 30.1 Å². The van der Waals surface area contributed by atoms with E-state index in [0.717, 1.165) is 63.7 Å². The first kappa shape index (κ1) is 33.2. The Labute approximate surface area is 294 Å². The molecule has 0 aromatic heterocycles. The summed E-state index contributed by atoms with van der Waals surface area (Å²) in [7, 11) is 1.60. The first-order valence-electron chi connectivity index (χ1n) is 17.3. The van der Waals surface area contributed by atoms with E-state index in [0.29, 0.717) is 42.5 Å². The Kier molecular flexibility index (Phi) is 8.69. The lowest BCUT2D eigenvalue weighted by Gasteiger charge is -2.49. The van der Waals surface area contributed by atoms with Crippen LogP contribution in [0.3, 0.4) is 0 Å². The summed E-state index contributed by atoms with van der Waals surface area (Å²) in [4.78, 5) is 31.0. The van der Waals surface area contributed by atoms with Crippen LogP contribution in [0.2, 0.25) is 5.02 Å². The van der Waals surface area contributed by atoms with Crippen LogP contribution < -0.4 is 9.47 Å². The number of halogens is 1. The molecular formula is C43H44ClNO4. The van der Waals surface area contributed by atoms with E-state index >= 15 is 0 Å². The zero-order chi connectivity index (χ0) is 34.5. The number of methoxy groups -OCH3 is 1. The molecule has 2 aliphatic carbocycles. The number of Topliss-reactive ketones (excluding diaryl/α,β-unsaturated/α-hetero) is 2. The zero-order valence-corrected chi connectivity index (χ0v) is 29.8. The molecule has 49 heavy (non-hydrogen) atoms. The molecule has 0 bridgehead atoms. The molecule has 0 atom stereocenters. The Bertz CT molecular complexity index is 1960. The quantitative estimate of drug-likeness (QED) is 0.186. The molecule has 0 fully saturated rings. The van der Waals surface area contributed by atoms with Gasteiger partial charge in [-0.15, -0.1) is 0 Å². The minimum Gasteiger partial charge on any atom is -0.493 e. The van der Waals surface area contributed by atoms with Gasteiger partial charge in [-0.3, -0.25) is 9.59 Å².